The molecule has 0 radical (unpaired) electrons. The first-order valence-electron chi connectivity index (χ1n) is 9.88. The highest BCUT2D eigenvalue weighted by Crippen LogP contribution is 2.20. The fourth-order valence-corrected chi connectivity index (χ4v) is 5.36. The second-order valence-corrected chi connectivity index (χ2v) is 10.7. The molecular weight excluding hydrogens is 452 g/mol. The van der Waals surface area contributed by atoms with E-state index in [1.54, 1.807) is 18.2 Å². The van der Waals surface area contributed by atoms with Gasteiger partial charge in [-0.1, -0.05) is 46.6 Å². The standard InChI is InChI=1S/C22H27BrN2O3S/c1-17-5-2-3-12-25(17)14-18-8-10-21(11-9-18)24-22(26)16-29(27,28)15-19-6-4-7-20(23)13-19/h4,6-11,13,17H,2-3,5,12,14-16H2,1H3,(H,24,26). The van der Waals surface area contributed by atoms with Crippen LogP contribution in [0.5, 0.6) is 0 Å². The summed E-state index contributed by atoms with van der Waals surface area (Å²) in [7, 11) is -3.54. The van der Waals surface area contributed by atoms with Crippen LogP contribution in [-0.4, -0.2) is 37.6 Å². The van der Waals surface area contributed by atoms with Crippen molar-refractivity contribution in [3.8, 4) is 0 Å². The molecule has 1 aliphatic rings. The molecule has 1 N–H and O–H groups in total. The van der Waals surface area contributed by atoms with Gasteiger partial charge in [-0.05, 0) is 61.7 Å². The molecule has 1 aliphatic heterocycles. The molecule has 1 fully saturated rings. The Kier molecular flexibility index (Phi) is 7.49. The number of nitrogens with zero attached hydrogens (tertiary/aromatic N) is 1. The topological polar surface area (TPSA) is 66.5 Å². The van der Waals surface area contributed by atoms with Crippen molar-refractivity contribution >= 4 is 37.4 Å². The van der Waals surface area contributed by atoms with Crippen molar-refractivity contribution in [2.24, 2.45) is 0 Å². The second-order valence-electron chi connectivity index (χ2n) is 7.72. The lowest BCUT2D eigenvalue weighted by Crippen LogP contribution is -2.36. The van der Waals surface area contributed by atoms with E-state index in [1.165, 1.54) is 24.8 Å². The molecule has 2 aromatic carbocycles. The van der Waals surface area contributed by atoms with Crippen LogP contribution >= 0.6 is 15.9 Å². The highest BCUT2D eigenvalue weighted by Gasteiger charge is 2.19. The number of amides is 1. The van der Waals surface area contributed by atoms with Gasteiger partial charge in [0.1, 0.15) is 5.75 Å². The summed E-state index contributed by atoms with van der Waals surface area (Å²) in [5, 5.41) is 2.69. The summed E-state index contributed by atoms with van der Waals surface area (Å²) in [6.45, 7) is 4.29. The van der Waals surface area contributed by atoms with Gasteiger partial charge in [0.2, 0.25) is 5.91 Å². The lowest BCUT2D eigenvalue weighted by atomic mass is 10.0. The number of piperidine rings is 1. The predicted molar refractivity (Wildman–Crippen MR) is 120 cm³/mol. The molecule has 156 valence electrons. The van der Waals surface area contributed by atoms with Gasteiger partial charge in [0, 0.05) is 22.7 Å². The molecule has 1 atom stereocenters. The van der Waals surface area contributed by atoms with Crippen molar-refractivity contribution in [1.82, 2.24) is 4.90 Å². The molecule has 2 aromatic rings. The zero-order valence-corrected chi connectivity index (χ0v) is 19.0. The van der Waals surface area contributed by atoms with Gasteiger partial charge in [-0.15, -0.1) is 0 Å². The Hall–Kier alpha value is -1.70. The molecule has 1 unspecified atom stereocenters. The third kappa shape index (κ3) is 6.94. The third-order valence-corrected chi connectivity index (χ3v) is 7.16. The van der Waals surface area contributed by atoms with E-state index in [9.17, 15) is 13.2 Å². The number of nitrogens with one attached hydrogen (secondary N) is 1. The quantitative estimate of drug-likeness (QED) is 0.640. The third-order valence-electron chi connectivity index (χ3n) is 5.19. The number of anilines is 1. The highest BCUT2D eigenvalue weighted by molar-refractivity contribution is 9.10. The van der Waals surface area contributed by atoms with Crippen LogP contribution in [0, 0.1) is 0 Å². The van der Waals surface area contributed by atoms with Gasteiger partial charge in [-0.3, -0.25) is 9.69 Å². The second kappa shape index (κ2) is 9.87. The molecule has 0 bridgehead atoms. The van der Waals surface area contributed by atoms with Crippen LogP contribution in [0.3, 0.4) is 0 Å². The minimum Gasteiger partial charge on any atom is -0.325 e. The van der Waals surface area contributed by atoms with E-state index in [0.29, 0.717) is 17.3 Å². The van der Waals surface area contributed by atoms with Gasteiger partial charge in [0.05, 0.1) is 5.75 Å². The summed E-state index contributed by atoms with van der Waals surface area (Å²) >= 11 is 3.33. The Labute approximate surface area is 181 Å². The van der Waals surface area contributed by atoms with E-state index in [-0.39, 0.29) is 5.75 Å². The summed E-state index contributed by atoms with van der Waals surface area (Å²) in [5.74, 6) is -1.21. The van der Waals surface area contributed by atoms with Crippen molar-refractivity contribution in [3.63, 3.8) is 0 Å². The fourth-order valence-electron chi connectivity index (χ4n) is 3.65. The average Bonchev–Trinajstić information content (AvgIpc) is 2.64. The monoisotopic (exact) mass is 478 g/mol. The number of carbonyl (C=O) groups excluding carboxylic acids is 1. The average molecular weight is 479 g/mol. The Balaban J connectivity index is 1.53. The van der Waals surface area contributed by atoms with Gasteiger partial charge in [-0.2, -0.15) is 0 Å². The Morgan fingerprint density at radius 3 is 2.59 bits per heavy atom. The Morgan fingerprint density at radius 1 is 1.14 bits per heavy atom. The summed E-state index contributed by atoms with van der Waals surface area (Å²) in [6, 6.07) is 15.4. The van der Waals surface area contributed by atoms with E-state index in [4.69, 9.17) is 0 Å². The van der Waals surface area contributed by atoms with E-state index in [2.05, 4.69) is 33.1 Å². The van der Waals surface area contributed by atoms with Crippen LogP contribution in [0.1, 0.15) is 37.3 Å². The van der Waals surface area contributed by atoms with Crippen LogP contribution in [0.2, 0.25) is 0 Å². The van der Waals surface area contributed by atoms with E-state index < -0.39 is 21.5 Å². The summed E-state index contributed by atoms with van der Waals surface area (Å²) < 4.78 is 25.5. The lowest BCUT2D eigenvalue weighted by Gasteiger charge is -2.33. The smallest absolute Gasteiger partial charge is 0.239 e. The first-order valence-corrected chi connectivity index (χ1v) is 12.5. The van der Waals surface area contributed by atoms with Crippen molar-refractivity contribution in [2.75, 3.05) is 17.6 Å². The minimum atomic E-state index is -3.54. The molecule has 5 nitrogen and oxygen atoms in total. The Bertz CT molecular complexity index is 945. The number of hydrogen-bond donors (Lipinski definition) is 1. The SMILES string of the molecule is CC1CCCCN1Cc1ccc(NC(=O)CS(=O)(=O)Cc2cccc(Br)c2)cc1. The molecule has 1 heterocycles. The van der Waals surface area contributed by atoms with Gasteiger partial charge < -0.3 is 5.32 Å². The van der Waals surface area contributed by atoms with E-state index in [1.807, 2.05) is 30.3 Å². The molecular formula is C22H27BrN2O3S. The Morgan fingerprint density at radius 2 is 1.90 bits per heavy atom. The van der Waals surface area contributed by atoms with E-state index >= 15 is 0 Å². The zero-order valence-electron chi connectivity index (χ0n) is 16.6. The molecule has 3 rings (SSSR count). The first kappa shape index (κ1) is 22.0. The predicted octanol–water partition coefficient (Wildman–Crippen LogP) is 4.38. The maximum atomic E-state index is 12.3. The van der Waals surface area contributed by atoms with E-state index in [0.717, 1.165) is 17.6 Å². The number of benzene rings is 2. The van der Waals surface area contributed by atoms with Crippen LogP contribution in [0.25, 0.3) is 0 Å². The molecule has 0 saturated carbocycles. The summed E-state index contributed by atoms with van der Waals surface area (Å²) in [4.78, 5) is 14.7. The van der Waals surface area contributed by atoms with Crippen molar-refractivity contribution in [2.45, 2.75) is 44.5 Å². The molecule has 1 saturated heterocycles. The number of rotatable bonds is 7. The van der Waals surface area contributed by atoms with Crippen molar-refractivity contribution in [1.29, 1.82) is 0 Å². The number of hydrogen-bond acceptors (Lipinski definition) is 4. The number of sulfone groups is 1. The molecule has 29 heavy (non-hydrogen) atoms. The molecule has 7 heteroatoms. The highest BCUT2D eigenvalue weighted by atomic mass is 79.9. The molecule has 0 aliphatic carbocycles. The minimum absolute atomic E-state index is 0.160. The van der Waals surface area contributed by atoms with Gasteiger partial charge in [0.25, 0.3) is 0 Å². The maximum Gasteiger partial charge on any atom is 0.239 e. The van der Waals surface area contributed by atoms with Gasteiger partial charge in [-0.25, -0.2) is 8.42 Å². The van der Waals surface area contributed by atoms with Crippen molar-refractivity contribution in [3.05, 3.63) is 64.1 Å². The van der Waals surface area contributed by atoms with Crippen LogP contribution < -0.4 is 5.32 Å². The molecule has 0 aromatic heterocycles. The number of carbonyl (C=O) groups is 1. The largest absolute Gasteiger partial charge is 0.325 e. The number of halogens is 1. The normalized spacial score (nSPS) is 17.8. The van der Waals surface area contributed by atoms with Crippen LogP contribution in [0.4, 0.5) is 5.69 Å². The first-order chi connectivity index (χ1) is 13.8. The van der Waals surface area contributed by atoms with Gasteiger partial charge >= 0.3 is 0 Å². The summed E-state index contributed by atoms with van der Waals surface area (Å²) in [5.41, 5.74) is 2.46. The van der Waals surface area contributed by atoms with Crippen molar-refractivity contribution < 1.29 is 13.2 Å². The van der Waals surface area contributed by atoms with Crippen LogP contribution in [-0.2, 0) is 26.9 Å². The summed E-state index contributed by atoms with van der Waals surface area (Å²) in [6.07, 6.45) is 3.78. The van der Waals surface area contributed by atoms with Gasteiger partial charge in [0.15, 0.2) is 9.84 Å². The fraction of sp³-hybridized carbons (Fsp3) is 0.409. The molecule has 1 amide bonds. The molecule has 0 spiro atoms. The van der Waals surface area contributed by atoms with Crippen LogP contribution in [0.15, 0.2) is 53.0 Å². The lowest BCUT2D eigenvalue weighted by molar-refractivity contribution is -0.113. The number of likely N-dealkylation sites (tertiary alicyclic amines) is 1. The maximum absolute atomic E-state index is 12.3. The zero-order chi connectivity index (χ0) is 20.9.